The van der Waals surface area contributed by atoms with E-state index in [1.54, 1.807) is 13.0 Å². The summed E-state index contributed by atoms with van der Waals surface area (Å²) in [6.07, 6.45) is 0.637. The number of rotatable bonds is 6. The van der Waals surface area contributed by atoms with Crippen molar-refractivity contribution in [2.45, 2.75) is 31.7 Å². The van der Waals surface area contributed by atoms with Crippen LogP contribution in [0.25, 0.3) is 0 Å². The van der Waals surface area contributed by atoms with Gasteiger partial charge in [-0.1, -0.05) is 17.9 Å². The molecule has 2 unspecified atom stereocenters. The van der Waals surface area contributed by atoms with Crippen LogP contribution in [0.4, 0.5) is 0 Å². The Morgan fingerprint density at radius 3 is 2.66 bits per heavy atom. The second kappa shape index (κ2) is 8.79. The van der Waals surface area contributed by atoms with Gasteiger partial charge < -0.3 is 28.7 Å². The average molecular weight is 445 g/mol. The Morgan fingerprint density at radius 1 is 1.38 bits per heavy atom. The minimum Gasteiger partial charge on any atom is -0.784 e. The number of carbonyl (C=O) groups is 2. The van der Waals surface area contributed by atoms with E-state index in [4.69, 9.17) is 25.8 Å². The molecular formula is C17H26N4O6PS-. The van der Waals surface area contributed by atoms with E-state index in [1.165, 1.54) is 7.11 Å². The Hall–Kier alpha value is -1.36. The lowest BCUT2D eigenvalue weighted by molar-refractivity contribution is -0.186. The van der Waals surface area contributed by atoms with E-state index in [-0.39, 0.29) is 12.7 Å². The highest BCUT2D eigenvalue weighted by atomic mass is 32.5. The van der Waals surface area contributed by atoms with Crippen LogP contribution in [-0.4, -0.2) is 86.8 Å². The second-order valence-corrected chi connectivity index (χ2v) is 10.2. The van der Waals surface area contributed by atoms with Crippen molar-refractivity contribution in [2.75, 3.05) is 40.9 Å². The van der Waals surface area contributed by atoms with E-state index in [9.17, 15) is 14.5 Å². The molecule has 10 nitrogen and oxygen atoms in total. The van der Waals surface area contributed by atoms with Crippen molar-refractivity contribution in [3.05, 3.63) is 11.6 Å². The molecule has 3 rings (SSSR count). The minimum absolute atomic E-state index is 0.0735. The molecule has 0 spiro atoms. The number of likely N-dealkylation sites (N-methyl/N-ethyl adjacent to an activating group) is 2. The molecule has 2 fully saturated rings. The van der Waals surface area contributed by atoms with E-state index < -0.39 is 36.6 Å². The first-order chi connectivity index (χ1) is 13.6. The van der Waals surface area contributed by atoms with Crippen LogP contribution in [0.15, 0.2) is 16.4 Å². The standard InChI is InChI=1S/C17H27N4O6PS/c1-10-7-11(16(23)18-15(10)22)12-8-13(25-4)14(27-12)9-26-28(24,29)19-17-20(2)5-6-21(17)3/h7,11-14H,5-6,8-9H2,1-4H3,(H,24,29)(H,18,22,23)/p-1/t11?,12-,13-,14-,28?/m1/s1. The highest BCUT2D eigenvalue weighted by molar-refractivity contribution is 8.08. The van der Waals surface area contributed by atoms with E-state index >= 15 is 0 Å². The summed E-state index contributed by atoms with van der Waals surface area (Å²) >= 11 is 5.08. The van der Waals surface area contributed by atoms with Crippen molar-refractivity contribution in [1.29, 1.82) is 0 Å². The fourth-order valence-corrected chi connectivity index (χ4v) is 4.93. The summed E-state index contributed by atoms with van der Waals surface area (Å²) in [5, 5.41) is 2.32. The maximum absolute atomic E-state index is 12.7. The van der Waals surface area contributed by atoms with Crippen molar-refractivity contribution in [2.24, 2.45) is 10.7 Å². The van der Waals surface area contributed by atoms with Gasteiger partial charge in [0, 0.05) is 46.3 Å². The number of methoxy groups -OCH3 is 1. The second-order valence-electron chi connectivity index (χ2n) is 7.42. The first-order valence-corrected chi connectivity index (χ1v) is 11.9. The molecule has 0 aromatic heterocycles. The van der Waals surface area contributed by atoms with Gasteiger partial charge in [0.15, 0.2) is 0 Å². The number of hydrogen-bond donors (Lipinski definition) is 1. The molecule has 12 heteroatoms. The lowest BCUT2D eigenvalue weighted by Gasteiger charge is -2.29. The van der Waals surface area contributed by atoms with Gasteiger partial charge in [-0.2, -0.15) is 0 Å². The van der Waals surface area contributed by atoms with E-state index in [1.807, 2.05) is 23.9 Å². The molecule has 3 heterocycles. The van der Waals surface area contributed by atoms with Crippen molar-refractivity contribution in [1.82, 2.24) is 15.1 Å². The summed E-state index contributed by atoms with van der Waals surface area (Å²) in [4.78, 5) is 40.2. The molecule has 1 N–H and O–H groups in total. The summed E-state index contributed by atoms with van der Waals surface area (Å²) in [6, 6.07) is 0. The number of ether oxygens (including phenoxy) is 2. The third-order valence-corrected chi connectivity index (χ3v) is 6.79. The van der Waals surface area contributed by atoms with Crippen LogP contribution in [0.1, 0.15) is 13.3 Å². The van der Waals surface area contributed by atoms with Gasteiger partial charge in [0.05, 0.1) is 24.7 Å². The van der Waals surface area contributed by atoms with Crippen molar-refractivity contribution in [3.63, 3.8) is 0 Å². The molecule has 0 saturated carbocycles. The lowest BCUT2D eigenvalue weighted by atomic mass is 9.93. The summed E-state index contributed by atoms with van der Waals surface area (Å²) in [5.74, 6) is -0.886. The SMILES string of the molecule is CO[C@@H]1C[C@H](C2C=C(C)C(=O)NC2=O)O[C@@H]1COP([O-])(=S)N=C1N(C)CCN1C. The Labute approximate surface area is 175 Å². The van der Waals surface area contributed by atoms with Crippen LogP contribution in [0, 0.1) is 5.92 Å². The summed E-state index contributed by atoms with van der Waals surface area (Å²) in [5.41, 5.74) is 0.461. The van der Waals surface area contributed by atoms with E-state index in [0.29, 0.717) is 18.0 Å². The predicted octanol–water partition coefficient (Wildman–Crippen LogP) is -0.788. The molecule has 0 aromatic carbocycles. The predicted molar refractivity (Wildman–Crippen MR) is 107 cm³/mol. The topological polar surface area (TPSA) is 116 Å². The van der Waals surface area contributed by atoms with Crippen molar-refractivity contribution < 1.29 is 28.5 Å². The van der Waals surface area contributed by atoms with E-state index in [2.05, 4.69) is 10.1 Å². The maximum atomic E-state index is 12.7. The normalized spacial score (nSPS) is 32.3. The van der Waals surface area contributed by atoms with Crippen LogP contribution in [-0.2, 0) is 35.4 Å². The van der Waals surface area contributed by atoms with Gasteiger partial charge in [0.25, 0.3) is 5.91 Å². The number of nitrogens with zero attached hydrogens (tertiary/aromatic N) is 3. The number of carbonyl (C=O) groups excluding carboxylic acids is 2. The molecule has 5 atom stereocenters. The number of nitrogens with one attached hydrogen (secondary N) is 1. The zero-order valence-electron chi connectivity index (χ0n) is 16.9. The van der Waals surface area contributed by atoms with Crippen molar-refractivity contribution in [3.8, 4) is 0 Å². The monoisotopic (exact) mass is 445 g/mol. The molecule has 3 aliphatic rings. The molecule has 0 aromatic rings. The van der Waals surface area contributed by atoms with Gasteiger partial charge in [-0.15, -0.1) is 0 Å². The highest BCUT2D eigenvalue weighted by Gasteiger charge is 2.43. The van der Waals surface area contributed by atoms with Gasteiger partial charge in [0.1, 0.15) is 12.7 Å². The first kappa shape index (κ1) is 22.3. The third kappa shape index (κ3) is 5.04. The van der Waals surface area contributed by atoms with Crippen LogP contribution >= 0.6 is 6.64 Å². The molecular weight excluding hydrogens is 419 g/mol. The van der Waals surface area contributed by atoms with Gasteiger partial charge in [-0.25, -0.2) is 4.76 Å². The quantitative estimate of drug-likeness (QED) is 0.415. The zero-order chi connectivity index (χ0) is 21.3. The Morgan fingerprint density at radius 2 is 2.03 bits per heavy atom. The number of amides is 2. The Bertz CT molecular complexity index is 778. The Kier molecular flexibility index (Phi) is 6.77. The zero-order valence-corrected chi connectivity index (χ0v) is 18.6. The smallest absolute Gasteiger partial charge is 0.253 e. The first-order valence-electron chi connectivity index (χ1n) is 9.31. The number of imide groups is 1. The van der Waals surface area contributed by atoms with Gasteiger partial charge in [-0.05, 0) is 6.92 Å². The molecule has 0 aliphatic carbocycles. The third-order valence-electron chi connectivity index (χ3n) is 5.33. The van der Waals surface area contributed by atoms with Gasteiger partial charge in [-0.3, -0.25) is 14.9 Å². The maximum Gasteiger partial charge on any atom is 0.253 e. The van der Waals surface area contributed by atoms with Crippen LogP contribution < -0.4 is 10.2 Å². The summed E-state index contributed by atoms with van der Waals surface area (Å²) in [7, 11) is 5.22. The average Bonchev–Trinajstić information content (AvgIpc) is 3.21. The number of hydrogen-bond acceptors (Lipinski definition) is 7. The largest absolute Gasteiger partial charge is 0.784 e. The fraction of sp³-hybridized carbons (Fsp3) is 0.706. The molecule has 29 heavy (non-hydrogen) atoms. The molecule has 2 amide bonds. The molecule has 0 bridgehead atoms. The summed E-state index contributed by atoms with van der Waals surface area (Å²) < 4.78 is 21.0. The lowest BCUT2D eigenvalue weighted by Crippen LogP contribution is -2.44. The molecule has 2 saturated heterocycles. The van der Waals surface area contributed by atoms with Crippen LogP contribution in [0.3, 0.4) is 0 Å². The molecule has 3 aliphatic heterocycles. The van der Waals surface area contributed by atoms with Crippen LogP contribution in [0.2, 0.25) is 0 Å². The fourth-order valence-electron chi connectivity index (χ4n) is 3.62. The number of guanidine groups is 1. The summed E-state index contributed by atoms with van der Waals surface area (Å²) in [6.45, 7) is -0.571. The Balaban J connectivity index is 1.65. The molecule has 0 radical (unpaired) electrons. The van der Waals surface area contributed by atoms with Gasteiger partial charge >= 0.3 is 0 Å². The van der Waals surface area contributed by atoms with E-state index in [0.717, 1.165) is 13.1 Å². The minimum atomic E-state index is -3.67. The van der Waals surface area contributed by atoms with Crippen molar-refractivity contribution >= 4 is 36.2 Å². The van der Waals surface area contributed by atoms with Crippen LogP contribution in [0.5, 0.6) is 0 Å². The molecule has 162 valence electrons. The highest BCUT2D eigenvalue weighted by Crippen LogP contribution is 2.42. The van der Waals surface area contributed by atoms with Gasteiger partial charge in [0.2, 0.25) is 11.9 Å².